The number of rotatable bonds is 2. The van der Waals surface area contributed by atoms with E-state index in [4.69, 9.17) is 9.47 Å². The van der Waals surface area contributed by atoms with E-state index in [1.807, 2.05) is 6.07 Å². The summed E-state index contributed by atoms with van der Waals surface area (Å²) < 4.78 is 11.6. The molecule has 0 amide bonds. The third kappa shape index (κ3) is 2.43. The van der Waals surface area contributed by atoms with Gasteiger partial charge in [0.05, 0.1) is 0 Å². The maximum Gasteiger partial charge on any atom is 0.221 e. The molecule has 4 heteroatoms. The van der Waals surface area contributed by atoms with E-state index >= 15 is 0 Å². The molecule has 3 rings (SSSR count). The number of nitrogens with zero attached hydrogens (tertiary/aromatic N) is 1. The molecule has 2 aliphatic rings. The normalized spacial score (nSPS) is 27.2. The summed E-state index contributed by atoms with van der Waals surface area (Å²) in [6, 6.07) is 4.01. The lowest BCUT2D eigenvalue weighted by Crippen LogP contribution is -2.19. The quantitative estimate of drug-likeness (QED) is 0.870. The molecule has 2 unspecified atom stereocenters. The highest BCUT2D eigenvalue weighted by atomic mass is 16.5. The van der Waals surface area contributed by atoms with Crippen molar-refractivity contribution in [3.8, 4) is 11.8 Å². The molecule has 18 heavy (non-hydrogen) atoms. The summed E-state index contributed by atoms with van der Waals surface area (Å²) >= 11 is 0. The molecule has 4 nitrogen and oxygen atoms in total. The molecule has 1 aliphatic carbocycles. The van der Waals surface area contributed by atoms with Crippen LogP contribution in [0.15, 0.2) is 12.1 Å². The summed E-state index contributed by atoms with van der Waals surface area (Å²) in [5, 5.41) is 3.30. The predicted octanol–water partition coefficient (Wildman–Crippen LogP) is 2.13. The van der Waals surface area contributed by atoms with Crippen LogP contribution in [0.3, 0.4) is 0 Å². The van der Waals surface area contributed by atoms with E-state index in [2.05, 4.69) is 23.3 Å². The van der Waals surface area contributed by atoms with Crippen LogP contribution < -0.4 is 14.8 Å². The Morgan fingerprint density at radius 1 is 1.39 bits per heavy atom. The maximum absolute atomic E-state index is 5.98. The van der Waals surface area contributed by atoms with E-state index in [9.17, 15) is 0 Å². The Kier molecular flexibility index (Phi) is 3.37. The zero-order chi connectivity index (χ0) is 12.4. The molecule has 0 bridgehead atoms. The summed E-state index contributed by atoms with van der Waals surface area (Å²) in [5.74, 6) is 2.06. The van der Waals surface area contributed by atoms with Gasteiger partial charge in [-0.15, -0.1) is 0 Å². The van der Waals surface area contributed by atoms with Crippen molar-refractivity contribution in [1.82, 2.24) is 10.3 Å². The molecule has 0 radical (unpaired) electrons. The lowest BCUT2D eigenvalue weighted by atomic mass is 10.1. The average Bonchev–Trinajstić information content (AvgIpc) is 2.65. The van der Waals surface area contributed by atoms with Gasteiger partial charge in [-0.2, -0.15) is 4.98 Å². The summed E-state index contributed by atoms with van der Waals surface area (Å²) in [4.78, 5) is 4.49. The first-order valence-corrected chi connectivity index (χ1v) is 6.83. The molecule has 1 N–H and O–H groups in total. The van der Waals surface area contributed by atoms with Gasteiger partial charge in [0.1, 0.15) is 12.7 Å². The van der Waals surface area contributed by atoms with Gasteiger partial charge in [0.15, 0.2) is 0 Å². The molecule has 1 aromatic heterocycles. The predicted molar refractivity (Wildman–Crippen MR) is 68.9 cm³/mol. The standard InChI is InChI=1S/C14H20N2O2/c1-10-3-2-4-12(10)18-13-6-5-11-9-15-7-8-17-14(11)16-13/h5-6,10,12,15H,2-4,7-9H2,1H3. The van der Waals surface area contributed by atoms with Gasteiger partial charge >= 0.3 is 0 Å². The molecule has 0 aromatic carbocycles. The molecule has 2 atom stereocenters. The van der Waals surface area contributed by atoms with Crippen molar-refractivity contribution in [2.75, 3.05) is 13.2 Å². The van der Waals surface area contributed by atoms with Crippen molar-refractivity contribution in [3.63, 3.8) is 0 Å². The zero-order valence-electron chi connectivity index (χ0n) is 10.8. The Morgan fingerprint density at radius 2 is 2.33 bits per heavy atom. The highest BCUT2D eigenvalue weighted by Gasteiger charge is 2.25. The fourth-order valence-electron chi connectivity index (χ4n) is 2.66. The van der Waals surface area contributed by atoms with Crippen molar-refractivity contribution in [2.45, 2.75) is 38.8 Å². The summed E-state index contributed by atoms with van der Waals surface area (Å²) in [6.07, 6.45) is 3.98. The van der Waals surface area contributed by atoms with Crippen LogP contribution in [0.5, 0.6) is 11.8 Å². The molecular formula is C14H20N2O2. The highest BCUT2D eigenvalue weighted by molar-refractivity contribution is 5.31. The van der Waals surface area contributed by atoms with Crippen molar-refractivity contribution < 1.29 is 9.47 Å². The second-order valence-corrected chi connectivity index (χ2v) is 5.20. The van der Waals surface area contributed by atoms with E-state index in [1.165, 1.54) is 12.8 Å². The third-order valence-corrected chi connectivity index (χ3v) is 3.80. The van der Waals surface area contributed by atoms with Crippen LogP contribution >= 0.6 is 0 Å². The number of nitrogens with one attached hydrogen (secondary N) is 1. The molecule has 98 valence electrons. The minimum atomic E-state index is 0.319. The lowest BCUT2D eigenvalue weighted by molar-refractivity contribution is 0.158. The molecule has 1 saturated carbocycles. The molecule has 0 spiro atoms. The van der Waals surface area contributed by atoms with Gasteiger partial charge in [-0.1, -0.05) is 6.92 Å². The van der Waals surface area contributed by atoms with Crippen molar-refractivity contribution >= 4 is 0 Å². The number of aromatic nitrogens is 1. The third-order valence-electron chi connectivity index (χ3n) is 3.80. The topological polar surface area (TPSA) is 43.4 Å². The number of hydrogen-bond donors (Lipinski definition) is 1. The summed E-state index contributed by atoms with van der Waals surface area (Å²) in [5.41, 5.74) is 1.11. The Hall–Kier alpha value is -1.29. The first-order chi connectivity index (χ1) is 8.83. The van der Waals surface area contributed by atoms with Crippen LogP contribution in [-0.2, 0) is 6.54 Å². The Balaban J connectivity index is 1.75. The van der Waals surface area contributed by atoms with Crippen molar-refractivity contribution in [2.24, 2.45) is 5.92 Å². The first-order valence-electron chi connectivity index (χ1n) is 6.83. The van der Waals surface area contributed by atoms with Crippen LogP contribution in [0.1, 0.15) is 31.7 Å². The molecular weight excluding hydrogens is 228 g/mol. The van der Waals surface area contributed by atoms with Crippen LogP contribution in [-0.4, -0.2) is 24.2 Å². The smallest absolute Gasteiger partial charge is 0.221 e. The van der Waals surface area contributed by atoms with E-state index < -0.39 is 0 Å². The monoisotopic (exact) mass is 248 g/mol. The Morgan fingerprint density at radius 3 is 3.17 bits per heavy atom. The van der Waals surface area contributed by atoms with Gasteiger partial charge in [0, 0.05) is 24.7 Å². The van der Waals surface area contributed by atoms with Gasteiger partial charge in [-0.3, -0.25) is 0 Å². The lowest BCUT2D eigenvalue weighted by Gasteiger charge is -2.17. The minimum absolute atomic E-state index is 0.319. The summed E-state index contributed by atoms with van der Waals surface area (Å²) in [6.45, 7) is 4.61. The second-order valence-electron chi connectivity index (χ2n) is 5.20. The van der Waals surface area contributed by atoms with Gasteiger partial charge in [0.25, 0.3) is 0 Å². The fourth-order valence-corrected chi connectivity index (χ4v) is 2.66. The number of fused-ring (bicyclic) bond motifs is 1. The average molecular weight is 248 g/mol. The minimum Gasteiger partial charge on any atom is -0.476 e. The molecule has 1 fully saturated rings. The number of hydrogen-bond acceptors (Lipinski definition) is 4. The molecule has 1 aromatic rings. The van der Waals surface area contributed by atoms with Gasteiger partial charge in [0.2, 0.25) is 11.8 Å². The van der Waals surface area contributed by atoms with Crippen molar-refractivity contribution in [1.29, 1.82) is 0 Å². The fraction of sp³-hybridized carbons (Fsp3) is 0.643. The van der Waals surface area contributed by atoms with Crippen LogP contribution in [0.4, 0.5) is 0 Å². The Bertz CT molecular complexity index is 422. The number of ether oxygens (including phenoxy) is 2. The van der Waals surface area contributed by atoms with E-state index in [-0.39, 0.29) is 0 Å². The van der Waals surface area contributed by atoms with Gasteiger partial charge in [-0.25, -0.2) is 0 Å². The summed E-state index contributed by atoms with van der Waals surface area (Å²) in [7, 11) is 0. The maximum atomic E-state index is 5.98. The van der Waals surface area contributed by atoms with Crippen molar-refractivity contribution in [3.05, 3.63) is 17.7 Å². The van der Waals surface area contributed by atoms with E-state index in [1.54, 1.807) is 0 Å². The first kappa shape index (κ1) is 11.8. The Labute approximate surface area is 108 Å². The largest absolute Gasteiger partial charge is 0.476 e. The molecule has 1 aliphatic heterocycles. The van der Waals surface area contributed by atoms with Gasteiger partial charge < -0.3 is 14.8 Å². The van der Waals surface area contributed by atoms with Crippen LogP contribution in [0, 0.1) is 5.92 Å². The van der Waals surface area contributed by atoms with Gasteiger partial charge in [-0.05, 0) is 31.2 Å². The van der Waals surface area contributed by atoms with E-state index in [0.717, 1.165) is 31.0 Å². The molecule has 0 saturated heterocycles. The number of pyridine rings is 1. The van der Waals surface area contributed by atoms with Crippen LogP contribution in [0.2, 0.25) is 0 Å². The van der Waals surface area contributed by atoms with E-state index in [0.29, 0.717) is 24.5 Å². The highest BCUT2D eigenvalue weighted by Crippen LogP contribution is 2.30. The molecule has 2 heterocycles. The SMILES string of the molecule is CC1CCCC1Oc1ccc2c(n1)OCCNC2. The second kappa shape index (κ2) is 5.14. The van der Waals surface area contributed by atoms with Crippen LogP contribution in [0.25, 0.3) is 0 Å². The zero-order valence-corrected chi connectivity index (χ0v) is 10.8.